The molecule has 0 aromatic carbocycles. The van der Waals surface area contributed by atoms with E-state index in [1.807, 2.05) is 19.1 Å². The first-order valence-corrected chi connectivity index (χ1v) is 11.0. The van der Waals surface area contributed by atoms with Gasteiger partial charge in [-0.25, -0.2) is 18.4 Å². The molecule has 3 rings (SSSR count). The summed E-state index contributed by atoms with van der Waals surface area (Å²) in [6.07, 6.45) is 3.30. The third kappa shape index (κ3) is 5.61. The number of rotatable bonds is 7. The Labute approximate surface area is 159 Å². The summed E-state index contributed by atoms with van der Waals surface area (Å²) in [5.41, 5.74) is 1.36. The van der Waals surface area contributed by atoms with Crippen molar-refractivity contribution in [2.45, 2.75) is 19.8 Å². The number of aryl methyl sites for hydroxylation is 1. The van der Waals surface area contributed by atoms with Crippen molar-refractivity contribution in [2.75, 3.05) is 43.0 Å². The largest absolute Gasteiger partial charge is 0.370 e. The highest BCUT2D eigenvalue weighted by molar-refractivity contribution is 7.91. The van der Waals surface area contributed by atoms with Crippen molar-refractivity contribution in [2.24, 2.45) is 0 Å². The van der Waals surface area contributed by atoms with E-state index in [1.165, 1.54) is 6.07 Å². The maximum absolute atomic E-state index is 11.7. The molecule has 2 aromatic heterocycles. The molecule has 0 amide bonds. The van der Waals surface area contributed by atoms with Gasteiger partial charge in [-0.2, -0.15) is 0 Å². The van der Waals surface area contributed by atoms with Gasteiger partial charge in [0.1, 0.15) is 11.6 Å². The number of nitrogens with zero attached hydrogens (tertiary/aromatic N) is 3. The summed E-state index contributed by atoms with van der Waals surface area (Å²) in [6, 6.07) is 5.24. The molecule has 27 heavy (non-hydrogen) atoms. The molecule has 2 aromatic rings. The molecule has 1 fully saturated rings. The van der Waals surface area contributed by atoms with E-state index in [-0.39, 0.29) is 17.1 Å². The van der Waals surface area contributed by atoms with Gasteiger partial charge >= 0.3 is 0 Å². The summed E-state index contributed by atoms with van der Waals surface area (Å²) in [5.74, 6) is 1.81. The van der Waals surface area contributed by atoms with Crippen molar-refractivity contribution in [3.63, 3.8) is 0 Å². The minimum absolute atomic E-state index is 0.162. The van der Waals surface area contributed by atoms with Gasteiger partial charge in [-0.1, -0.05) is 6.92 Å². The molecule has 0 aliphatic carbocycles. The lowest BCUT2D eigenvalue weighted by Gasteiger charge is -2.26. The Bertz CT molecular complexity index is 911. The van der Waals surface area contributed by atoms with Crippen LogP contribution in [0.15, 0.2) is 29.2 Å². The van der Waals surface area contributed by atoms with Crippen LogP contribution in [0.2, 0.25) is 0 Å². The number of aromatic amines is 1. The maximum atomic E-state index is 11.7. The first-order valence-electron chi connectivity index (χ1n) is 9.18. The van der Waals surface area contributed by atoms with E-state index in [0.717, 1.165) is 36.6 Å². The van der Waals surface area contributed by atoms with Crippen molar-refractivity contribution in [1.29, 1.82) is 0 Å². The van der Waals surface area contributed by atoms with Gasteiger partial charge in [0, 0.05) is 43.2 Å². The molecule has 0 saturated carbocycles. The summed E-state index contributed by atoms with van der Waals surface area (Å²) in [6.45, 7) is 4.83. The zero-order valence-electron chi connectivity index (χ0n) is 15.4. The molecule has 146 valence electrons. The molecule has 0 radical (unpaired) electrons. The summed E-state index contributed by atoms with van der Waals surface area (Å²) >= 11 is 0. The number of aromatic nitrogens is 3. The van der Waals surface area contributed by atoms with Crippen LogP contribution in [0.5, 0.6) is 0 Å². The number of hydrogen-bond acceptors (Lipinski definition) is 7. The van der Waals surface area contributed by atoms with Gasteiger partial charge in [-0.15, -0.1) is 0 Å². The van der Waals surface area contributed by atoms with Crippen LogP contribution in [-0.2, 0) is 16.3 Å². The van der Waals surface area contributed by atoms with Crippen LogP contribution in [0.4, 0.5) is 5.82 Å². The van der Waals surface area contributed by atoms with E-state index in [9.17, 15) is 13.2 Å². The van der Waals surface area contributed by atoms with Gasteiger partial charge in [0.15, 0.2) is 9.84 Å². The molecule has 0 unspecified atom stereocenters. The van der Waals surface area contributed by atoms with E-state index in [2.05, 4.69) is 25.2 Å². The van der Waals surface area contributed by atoms with E-state index in [4.69, 9.17) is 0 Å². The lowest BCUT2D eigenvalue weighted by Crippen LogP contribution is -2.41. The minimum Gasteiger partial charge on any atom is -0.370 e. The number of nitrogens with one attached hydrogen (secondary N) is 2. The normalized spacial score (nSPS) is 16.9. The van der Waals surface area contributed by atoms with Gasteiger partial charge < -0.3 is 15.2 Å². The van der Waals surface area contributed by atoms with Gasteiger partial charge in [-0.3, -0.25) is 4.79 Å². The predicted octanol–water partition coefficient (Wildman–Crippen LogP) is 0.927. The van der Waals surface area contributed by atoms with E-state index >= 15 is 0 Å². The van der Waals surface area contributed by atoms with Crippen molar-refractivity contribution in [3.8, 4) is 11.4 Å². The lowest BCUT2D eigenvalue weighted by molar-refractivity contribution is 0.294. The lowest BCUT2D eigenvalue weighted by atomic mass is 10.2. The van der Waals surface area contributed by atoms with Crippen LogP contribution in [0.25, 0.3) is 11.4 Å². The number of H-pyrrole nitrogens is 1. The first-order chi connectivity index (χ1) is 12.9. The molecule has 0 spiro atoms. The Hall–Kier alpha value is -2.26. The fourth-order valence-electron chi connectivity index (χ4n) is 2.96. The Morgan fingerprint density at radius 3 is 2.70 bits per heavy atom. The standard InChI is InChI=1S/C18H25N5O3S/c1-2-15-12-17(24)22-18(21-15)14-4-5-16(20-13-14)19-6-3-7-23-8-10-27(25,26)11-9-23/h4-5,12-13H,2-3,6-11H2,1H3,(H,19,20)(H,21,22,24). The number of hydrogen-bond donors (Lipinski definition) is 2. The second kappa shape index (κ2) is 8.62. The molecular weight excluding hydrogens is 366 g/mol. The summed E-state index contributed by atoms with van der Waals surface area (Å²) < 4.78 is 22.8. The fraction of sp³-hybridized carbons (Fsp3) is 0.500. The van der Waals surface area contributed by atoms with Crippen molar-refractivity contribution >= 4 is 15.7 Å². The maximum Gasteiger partial charge on any atom is 0.251 e. The smallest absolute Gasteiger partial charge is 0.251 e. The Balaban J connectivity index is 1.48. The highest BCUT2D eigenvalue weighted by atomic mass is 32.2. The quantitative estimate of drug-likeness (QED) is 0.676. The van der Waals surface area contributed by atoms with E-state index in [1.54, 1.807) is 6.20 Å². The van der Waals surface area contributed by atoms with E-state index < -0.39 is 9.84 Å². The summed E-state index contributed by atoms with van der Waals surface area (Å²) in [5, 5.41) is 3.26. The Morgan fingerprint density at radius 2 is 2.04 bits per heavy atom. The number of anilines is 1. The highest BCUT2D eigenvalue weighted by Crippen LogP contribution is 2.15. The topological polar surface area (TPSA) is 108 Å². The van der Waals surface area contributed by atoms with Crippen LogP contribution >= 0.6 is 0 Å². The highest BCUT2D eigenvalue weighted by Gasteiger charge is 2.20. The third-order valence-corrected chi connectivity index (χ3v) is 6.20. The predicted molar refractivity (Wildman–Crippen MR) is 106 cm³/mol. The van der Waals surface area contributed by atoms with Crippen LogP contribution in [-0.4, -0.2) is 66.0 Å². The molecule has 1 saturated heterocycles. The Morgan fingerprint density at radius 1 is 1.26 bits per heavy atom. The van der Waals surface area contributed by atoms with Crippen LogP contribution in [0.1, 0.15) is 19.0 Å². The van der Waals surface area contributed by atoms with Gasteiger partial charge in [0.05, 0.1) is 11.5 Å². The molecule has 1 aliphatic rings. The van der Waals surface area contributed by atoms with Crippen molar-refractivity contribution in [1.82, 2.24) is 19.9 Å². The van der Waals surface area contributed by atoms with Crippen LogP contribution < -0.4 is 10.9 Å². The van der Waals surface area contributed by atoms with Gasteiger partial charge in [-0.05, 0) is 31.5 Å². The molecule has 2 N–H and O–H groups in total. The monoisotopic (exact) mass is 391 g/mol. The third-order valence-electron chi connectivity index (χ3n) is 4.59. The average Bonchev–Trinajstić information content (AvgIpc) is 2.66. The zero-order valence-corrected chi connectivity index (χ0v) is 16.3. The Kier molecular flexibility index (Phi) is 6.22. The second-order valence-corrected chi connectivity index (χ2v) is 8.95. The number of pyridine rings is 1. The molecular formula is C18H25N5O3S. The molecule has 0 atom stereocenters. The zero-order chi connectivity index (χ0) is 19.3. The fourth-order valence-corrected chi connectivity index (χ4v) is 4.23. The summed E-state index contributed by atoms with van der Waals surface area (Å²) in [7, 11) is -2.82. The molecule has 0 bridgehead atoms. The first kappa shape index (κ1) is 19.5. The minimum atomic E-state index is -2.82. The molecule has 3 heterocycles. The second-order valence-electron chi connectivity index (χ2n) is 6.64. The summed E-state index contributed by atoms with van der Waals surface area (Å²) in [4.78, 5) is 25.4. The van der Waals surface area contributed by atoms with Gasteiger partial charge in [0.2, 0.25) is 0 Å². The molecule has 8 nitrogen and oxygen atoms in total. The van der Waals surface area contributed by atoms with Gasteiger partial charge in [0.25, 0.3) is 5.56 Å². The van der Waals surface area contributed by atoms with Crippen LogP contribution in [0, 0.1) is 0 Å². The van der Waals surface area contributed by atoms with Crippen molar-refractivity contribution in [3.05, 3.63) is 40.4 Å². The van der Waals surface area contributed by atoms with Crippen molar-refractivity contribution < 1.29 is 8.42 Å². The molecule has 9 heteroatoms. The average molecular weight is 391 g/mol. The SMILES string of the molecule is CCc1cc(=O)[nH]c(-c2ccc(NCCCN3CCS(=O)(=O)CC3)nc2)n1. The molecule has 1 aliphatic heterocycles. The van der Waals surface area contributed by atoms with Crippen LogP contribution in [0.3, 0.4) is 0 Å². The van der Waals surface area contributed by atoms with E-state index in [0.29, 0.717) is 25.3 Å². The number of sulfone groups is 1.